The molecule has 1 aromatic rings. The molecule has 2 rings (SSSR count). The molecule has 0 aromatic heterocycles. The Morgan fingerprint density at radius 2 is 1.65 bits per heavy atom. The van der Waals surface area contributed by atoms with Gasteiger partial charge in [-0.15, -0.1) is 0 Å². The minimum absolute atomic E-state index is 0.225. The van der Waals surface area contributed by atoms with Crippen molar-refractivity contribution in [2.45, 2.75) is 17.1 Å². The van der Waals surface area contributed by atoms with E-state index in [9.17, 15) is 8.42 Å². The Morgan fingerprint density at radius 1 is 1.15 bits per heavy atom. The van der Waals surface area contributed by atoms with Crippen molar-refractivity contribution in [3.05, 3.63) is 24.3 Å². The summed E-state index contributed by atoms with van der Waals surface area (Å²) < 4.78 is 36.9. The van der Waals surface area contributed by atoms with Gasteiger partial charge in [0.15, 0.2) is 0 Å². The molecule has 0 amide bonds. The average molecular weight is 301 g/mol. The monoisotopic (exact) mass is 301 g/mol. The van der Waals surface area contributed by atoms with Crippen LogP contribution in [0.4, 0.5) is 5.69 Å². The van der Waals surface area contributed by atoms with E-state index < -0.39 is 10.0 Å². The van der Waals surface area contributed by atoms with Crippen molar-refractivity contribution in [3.63, 3.8) is 0 Å². The quantitative estimate of drug-likeness (QED) is 0.587. The lowest BCUT2D eigenvalue weighted by Gasteiger charge is -2.16. The number of ether oxygens (including phenoxy) is 2. The van der Waals surface area contributed by atoms with Gasteiger partial charge in [0.05, 0.1) is 17.1 Å². The van der Waals surface area contributed by atoms with E-state index in [0.29, 0.717) is 5.69 Å². The zero-order valence-electron chi connectivity index (χ0n) is 11.4. The normalized spacial score (nSPS) is 23.9. The first-order chi connectivity index (χ1) is 9.52. The standard InChI is InChI=1S/C12H19N3O4S/c1-18-11-7-15(8-12(11)19-2)20(16,17)10-5-3-9(14-13)4-6-10/h3-6,11-12,14H,7-8,13H2,1-2H3. The molecule has 0 spiro atoms. The number of rotatable bonds is 5. The summed E-state index contributed by atoms with van der Waals surface area (Å²) in [6.45, 7) is 0.572. The molecule has 112 valence electrons. The van der Waals surface area contributed by atoms with Gasteiger partial charge in [-0.1, -0.05) is 0 Å². The van der Waals surface area contributed by atoms with Crippen molar-refractivity contribution in [2.24, 2.45) is 5.84 Å². The summed E-state index contributed by atoms with van der Waals surface area (Å²) in [7, 11) is -0.445. The molecule has 1 aromatic carbocycles. The first kappa shape index (κ1) is 15.2. The van der Waals surface area contributed by atoms with Gasteiger partial charge in [-0.25, -0.2) is 8.42 Å². The van der Waals surface area contributed by atoms with Gasteiger partial charge < -0.3 is 14.9 Å². The number of anilines is 1. The van der Waals surface area contributed by atoms with E-state index in [1.807, 2.05) is 0 Å². The van der Waals surface area contributed by atoms with E-state index >= 15 is 0 Å². The van der Waals surface area contributed by atoms with Crippen molar-refractivity contribution in [2.75, 3.05) is 32.7 Å². The number of benzene rings is 1. The maximum Gasteiger partial charge on any atom is 0.243 e. The summed E-state index contributed by atoms with van der Waals surface area (Å²) in [5.41, 5.74) is 3.11. The fourth-order valence-corrected chi connectivity index (χ4v) is 3.70. The highest BCUT2D eigenvalue weighted by molar-refractivity contribution is 7.89. The molecule has 3 N–H and O–H groups in total. The van der Waals surface area contributed by atoms with Crippen LogP contribution in [0.3, 0.4) is 0 Å². The molecule has 0 saturated carbocycles. The van der Waals surface area contributed by atoms with Gasteiger partial charge in [0, 0.05) is 33.0 Å². The SMILES string of the molecule is COC1CN(S(=O)(=O)c2ccc(NN)cc2)CC1OC. The van der Waals surface area contributed by atoms with Gasteiger partial charge in [0.1, 0.15) is 0 Å². The molecule has 0 radical (unpaired) electrons. The number of hydrogen-bond donors (Lipinski definition) is 2. The van der Waals surface area contributed by atoms with Crippen LogP contribution >= 0.6 is 0 Å². The number of hydrazine groups is 1. The Balaban J connectivity index is 2.22. The molecule has 20 heavy (non-hydrogen) atoms. The molecule has 1 aliphatic heterocycles. The zero-order chi connectivity index (χ0) is 14.8. The van der Waals surface area contributed by atoms with Crippen LogP contribution in [0.1, 0.15) is 0 Å². The number of nitrogens with zero attached hydrogens (tertiary/aromatic N) is 1. The van der Waals surface area contributed by atoms with Gasteiger partial charge in [-0.2, -0.15) is 4.31 Å². The molecule has 1 fully saturated rings. The third kappa shape index (κ3) is 2.79. The van der Waals surface area contributed by atoms with Crippen LogP contribution in [0, 0.1) is 0 Å². The van der Waals surface area contributed by atoms with Crippen LogP contribution in [-0.2, 0) is 19.5 Å². The third-order valence-corrected chi connectivity index (χ3v) is 5.29. The van der Waals surface area contributed by atoms with Gasteiger partial charge in [0.2, 0.25) is 10.0 Å². The molecule has 7 nitrogen and oxygen atoms in total. The molecule has 2 unspecified atom stereocenters. The van der Waals surface area contributed by atoms with E-state index in [2.05, 4.69) is 5.43 Å². The summed E-state index contributed by atoms with van der Waals surface area (Å²) in [5.74, 6) is 5.26. The zero-order valence-corrected chi connectivity index (χ0v) is 12.3. The lowest BCUT2D eigenvalue weighted by atomic mass is 10.3. The van der Waals surface area contributed by atoms with Crippen LogP contribution in [0.2, 0.25) is 0 Å². The Morgan fingerprint density at radius 3 is 2.05 bits per heavy atom. The smallest absolute Gasteiger partial charge is 0.243 e. The molecule has 0 aliphatic carbocycles. The first-order valence-electron chi connectivity index (χ1n) is 6.15. The van der Waals surface area contributed by atoms with Gasteiger partial charge >= 0.3 is 0 Å². The Bertz CT molecular complexity index is 534. The molecule has 8 heteroatoms. The van der Waals surface area contributed by atoms with E-state index in [1.165, 1.54) is 16.4 Å². The van der Waals surface area contributed by atoms with Crippen LogP contribution < -0.4 is 11.3 Å². The van der Waals surface area contributed by atoms with Crippen molar-refractivity contribution in [1.82, 2.24) is 4.31 Å². The fraction of sp³-hybridized carbons (Fsp3) is 0.500. The predicted molar refractivity (Wildman–Crippen MR) is 74.6 cm³/mol. The summed E-state index contributed by atoms with van der Waals surface area (Å²) in [6, 6.07) is 6.27. The highest BCUT2D eigenvalue weighted by atomic mass is 32.2. The Labute approximate surface area is 118 Å². The highest BCUT2D eigenvalue weighted by Gasteiger charge is 2.39. The van der Waals surface area contributed by atoms with Crippen molar-refractivity contribution in [1.29, 1.82) is 0 Å². The number of nitrogens with one attached hydrogen (secondary N) is 1. The number of nitrogens with two attached hydrogens (primary N) is 1. The second-order valence-corrected chi connectivity index (χ2v) is 6.48. The summed E-state index contributed by atoms with van der Waals surface area (Å²) in [4.78, 5) is 0.225. The van der Waals surface area contributed by atoms with Crippen LogP contribution in [-0.4, -0.2) is 52.2 Å². The van der Waals surface area contributed by atoms with Crippen LogP contribution in [0.25, 0.3) is 0 Å². The lowest BCUT2D eigenvalue weighted by Crippen LogP contribution is -2.30. The Kier molecular flexibility index (Phi) is 4.61. The maximum absolute atomic E-state index is 12.5. The molecule has 1 heterocycles. The molecular weight excluding hydrogens is 282 g/mol. The number of hydrogen-bond acceptors (Lipinski definition) is 6. The number of nitrogen functional groups attached to an aromatic ring is 1. The first-order valence-corrected chi connectivity index (χ1v) is 7.59. The van der Waals surface area contributed by atoms with E-state index in [1.54, 1.807) is 26.4 Å². The second kappa shape index (κ2) is 6.06. The van der Waals surface area contributed by atoms with Crippen molar-refractivity contribution >= 4 is 15.7 Å². The Hall–Kier alpha value is -1.19. The number of sulfonamides is 1. The molecule has 1 saturated heterocycles. The largest absolute Gasteiger partial charge is 0.377 e. The molecule has 0 bridgehead atoms. The predicted octanol–water partition coefficient (Wildman–Crippen LogP) is 0.00650. The molecule has 1 aliphatic rings. The average Bonchev–Trinajstić information content (AvgIpc) is 2.91. The van der Waals surface area contributed by atoms with E-state index in [0.717, 1.165) is 0 Å². The van der Waals surface area contributed by atoms with E-state index in [4.69, 9.17) is 15.3 Å². The van der Waals surface area contributed by atoms with Gasteiger partial charge in [-0.3, -0.25) is 5.84 Å². The number of methoxy groups -OCH3 is 2. The van der Waals surface area contributed by atoms with Crippen LogP contribution in [0.5, 0.6) is 0 Å². The van der Waals surface area contributed by atoms with Crippen molar-refractivity contribution in [3.8, 4) is 0 Å². The summed E-state index contributed by atoms with van der Waals surface area (Å²) in [5, 5.41) is 0. The fourth-order valence-electron chi connectivity index (χ4n) is 2.23. The van der Waals surface area contributed by atoms with Crippen LogP contribution in [0.15, 0.2) is 29.2 Å². The van der Waals surface area contributed by atoms with E-state index in [-0.39, 0.29) is 30.2 Å². The van der Waals surface area contributed by atoms with Gasteiger partial charge in [0.25, 0.3) is 0 Å². The summed E-state index contributed by atoms with van der Waals surface area (Å²) >= 11 is 0. The van der Waals surface area contributed by atoms with Gasteiger partial charge in [-0.05, 0) is 24.3 Å². The molecule has 2 atom stereocenters. The highest BCUT2D eigenvalue weighted by Crippen LogP contribution is 2.24. The lowest BCUT2D eigenvalue weighted by molar-refractivity contribution is -0.00461. The minimum Gasteiger partial charge on any atom is -0.377 e. The third-order valence-electron chi connectivity index (χ3n) is 3.45. The second-order valence-electron chi connectivity index (χ2n) is 4.54. The van der Waals surface area contributed by atoms with Crippen molar-refractivity contribution < 1.29 is 17.9 Å². The topological polar surface area (TPSA) is 93.9 Å². The summed E-state index contributed by atoms with van der Waals surface area (Å²) in [6.07, 6.45) is -0.500. The maximum atomic E-state index is 12.5. The molecular formula is C12H19N3O4S. The minimum atomic E-state index is -3.54.